The van der Waals surface area contributed by atoms with E-state index in [4.69, 9.17) is 12.2 Å². The van der Waals surface area contributed by atoms with Gasteiger partial charge in [0.2, 0.25) is 0 Å². The Hall–Kier alpha value is -1.13. The summed E-state index contributed by atoms with van der Waals surface area (Å²) in [6.45, 7) is 3.38. The van der Waals surface area contributed by atoms with Crippen molar-refractivity contribution in [3.05, 3.63) is 35.9 Å². The maximum Gasteiger partial charge on any atom is 0.169 e. The molecule has 1 aromatic carbocycles. The van der Waals surface area contributed by atoms with Crippen LogP contribution in [0.4, 0.5) is 0 Å². The first-order chi connectivity index (χ1) is 12.7. The molecular formula is C22H35N3S. The average molecular weight is 374 g/mol. The maximum atomic E-state index is 5.93. The van der Waals surface area contributed by atoms with E-state index in [-0.39, 0.29) is 0 Å². The first-order valence-electron chi connectivity index (χ1n) is 10.5. The van der Waals surface area contributed by atoms with Crippen molar-refractivity contribution in [2.75, 3.05) is 26.7 Å². The zero-order valence-corrected chi connectivity index (χ0v) is 17.1. The lowest BCUT2D eigenvalue weighted by molar-refractivity contribution is 0.174. The Morgan fingerprint density at radius 1 is 1.04 bits per heavy atom. The van der Waals surface area contributed by atoms with Gasteiger partial charge < -0.3 is 15.1 Å². The molecule has 0 radical (unpaired) electrons. The molecule has 1 N–H and O–H groups in total. The molecule has 1 saturated heterocycles. The fraction of sp³-hybridized carbons (Fsp3) is 0.682. The summed E-state index contributed by atoms with van der Waals surface area (Å²) in [4.78, 5) is 4.95. The van der Waals surface area contributed by atoms with Crippen LogP contribution in [0, 0.1) is 0 Å². The van der Waals surface area contributed by atoms with E-state index in [1.165, 1.54) is 70.0 Å². The van der Waals surface area contributed by atoms with Crippen LogP contribution in [0.5, 0.6) is 0 Å². The number of nitrogens with one attached hydrogen (secondary N) is 1. The number of rotatable bonds is 5. The largest absolute Gasteiger partial charge is 0.360 e. The van der Waals surface area contributed by atoms with Gasteiger partial charge in [-0.1, -0.05) is 56.0 Å². The minimum Gasteiger partial charge on any atom is -0.360 e. The summed E-state index contributed by atoms with van der Waals surface area (Å²) in [7, 11) is 2.23. The number of benzene rings is 1. The molecule has 1 aliphatic heterocycles. The molecule has 1 saturated carbocycles. The van der Waals surface area contributed by atoms with Crippen molar-refractivity contribution in [3.63, 3.8) is 0 Å². The van der Waals surface area contributed by atoms with Crippen LogP contribution < -0.4 is 5.32 Å². The van der Waals surface area contributed by atoms with E-state index in [1.807, 2.05) is 0 Å². The summed E-state index contributed by atoms with van der Waals surface area (Å²) < 4.78 is 0. The predicted molar refractivity (Wildman–Crippen MR) is 115 cm³/mol. The number of piperidine rings is 1. The third kappa shape index (κ3) is 5.95. The average Bonchev–Trinajstić information content (AvgIpc) is 2.93. The first-order valence-corrected chi connectivity index (χ1v) is 10.9. The zero-order chi connectivity index (χ0) is 18.2. The molecule has 3 rings (SSSR count). The molecule has 0 spiro atoms. The fourth-order valence-electron chi connectivity index (χ4n) is 4.33. The fourth-order valence-corrected chi connectivity index (χ4v) is 4.74. The van der Waals surface area contributed by atoms with E-state index in [1.54, 1.807) is 0 Å². The Morgan fingerprint density at radius 2 is 1.69 bits per heavy atom. The van der Waals surface area contributed by atoms with Crippen molar-refractivity contribution in [3.8, 4) is 0 Å². The lowest BCUT2D eigenvalue weighted by atomic mass is 10.0. The van der Waals surface area contributed by atoms with Crippen LogP contribution >= 0.6 is 12.2 Å². The Balaban J connectivity index is 1.61. The summed E-state index contributed by atoms with van der Waals surface area (Å²) in [6.07, 6.45) is 11.5. The maximum absolute atomic E-state index is 5.93. The smallest absolute Gasteiger partial charge is 0.169 e. The second kappa shape index (κ2) is 10.3. The minimum absolute atomic E-state index is 0.579. The van der Waals surface area contributed by atoms with E-state index in [2.05, 4.69) is 52.5 Å². The van der Waals surface area contributed by atoms with Crippen LogP contribution in [0.3, 0.4) is 0 Å². The lowest BCUT2D eigenvalue weighted by Crippen LogP contribution is -2.52. The number of nitrogens with zero attached hydrogens (tertiary/aromatic N) is 2. The number of thiocarbonyl (C=S) groups is 1. The molecule has 3 nitrogen and oxygen atoms in total. The third-order valence-corrected chi connectivity index (χ3v) is 6.41. The SMILES string of the molecule is CN1CCC(N(CCc2ccccc2)C(=S)NC2CCCCCC2)CC1. The van der Waals surface area contributed by atoms with Gasteiger partial charge in [0.05, 0.1) is 0 Å². The first kappa shape index (κ1) is 19.6. The highest BCUT2D eigenvalue weighted by molar-refractivity contribution is 7.80. The van der Waals surface area contributed by atoms with Crippen molar-refractivity contribution in [1.82, 2.24) is 15.1 Å². The predicted octanol–water partition coefficient (Wildman–Crippen LogP) is 4.22. The van der Waals surface area contributed by atoms with Crippen LogP contribution in [0.25, 0.3) is 0 Å². The Bertz CT molecular complexity index is 532. The van der Waals surface area contributed by atoms with Crippen LogP contribution in [0.1, 0.15) is 56.9 Å². The van der Waals surface area contributed by atoms with Crippen molar-refractivity contribution in [2.24, 2.45) is 0 Å². The van der Waals surface area contributed by atoms with Gasteiger partial charge in [-0.05, 0) is 70.0 Å². The van der Waals surface area contributed by atoms with Crippen molar-refractivity contribution < 1.29 is 0 Å². The standard InChI is InChI=1S/C22H35N3S/c1-24-16-14-21(15-17-24)25(18-13-19-9-5-4-6-10-19)22(26)23-20-11-7-2-3-8-12-20/h4-6,9-10,20-21H,2-3,7-8,11-18H2,1H3,(H,23,26). The Labute approximate surface area is 165 Å². The van der Waals surface area contributed by atoms with E-state index < -0.39 is 0 Å². The van der Waals surface area contributed by atoms with E-state index in [0.717, 1.165) is 18.1 Å². The third-order valence-electron chi connectivity index (χ3n) is 6.06. The van der Waals surface area contributed by atoms with Crippen LogP contribution in [0.2, 0.25) is 0 Å². The van der Waals surface area contributed by atoms with E-state index >= 15 is 0 Å². The molecule has 1 heterocycles. The molecule has 0 aromatic heterocycles. The van der Waals surface area contributed by atoms with Crippen LogP contribution in [-0.2, 0) is 6.42 Å². The van der Waals surface area contributed by atoms with Gasteiger partial charge in [0.15, 0.2) is 5.11 Å². The molecular weight excluding hydrogens is 338 g/mol. The lowest BCUT2D eigenvalue weighted by Gasteiger charge is -2.40. The van der Waals surface area contributed by atoms with Gasteiger partial charge in [-0.2, -0.15) is 0 Å². The Morgan fingerprint density at radius 3 is 2.35 bits per heavy atom. The molecule has 2 aliphatic rings. The highest BCUT2D eigenvalue weighted by Crippen LogP contribution is 2.20. The molecule has 1 aromatic rings. The van der Waals surface area contributed by atoms with Crippen molar-refractivity contribution >= 4 is 17.3 Å². The molecule has 0 amide bonds. The van der Waals surface area contributed by atoms with Crippen LogP contribution in [-0.4, -0.2) is 53.7 Å². The molecule has 0 unspecified atom stereocenters. The minimum atomic E-state index is 0.579. The molecule has 144 valence electrons. The van der Waals surface area contributed by atoms with Crippen molar-refractivity contribution in [2.45, 2.75) is 69.9 Å². The summed E-state index contributed by atoms with van der Waals surface area (Å²) in [5, 5.41) is 4.75. The summed E-state index contributed by atoms with van der Waals surface area (Å²) in [6, 6.07) is 12.0. The molecule has 1 aliphatic carbocycles. The van der Waals surface area contributed by atoms with Gasteiger partial charge in [0, 0.05) is 18.6 Å². The molecule has 4 heteroatoms. The highest BCUT2D eigenvalue weighted by Gasteiger charge is 2.26. The number of likely N-dealkylation sites (tertiary alicyclic amines) is 1. The van der Waals surface area contributed by atoms with Crippen LogP contribution in [0.15, 0.2) is 30.3 Å². The van der Waals surface area contributed by atoms with Gasteiger partial charge >= 0.3 is 0 Å². The normalized spacial score (nSPS) is 20.5. The Kier molecular flexibility index (Phi) is 7.75. The highest BCUT2D eigenvalue weighted by atomic mass is 32.1. The number of hydrogen-bond donors (Lipinski definition) is 1. The molecule has 0 atom stereocenters. The van der Waals surface area contributed by atoms with Gasteiger partial charge in [-0.3, -0.25) is 0 Å². The summed E-state index contributed by atoms with van der Waals surface area (Å²) in [5.74, 6) is 0. The quantitative estimate of drug-likeness (QED) is 0.615. The zero-order valence-electron chi connectivity index (χ0n) is 16.3. The monoisotopic (exact) mass is 373 g/mol. The van der Waals surface area contributed by atoms with Gasteiger partial charge in [-0.15, -0.1) is 0 Å². The second-order valence-corrected chi connectivity index (χ2v) is 8.49. The topological polar surface area (TPSA) is 18.5 Å². The van der Waals surface area contributed by atoms with Gasteiger partial charge in [0.1, 0.15) is 0 Å². The molecule has 2 fully saturated rings. The van der Waals surface area contributed by atoms with E-state index in [9.17, 15) is 0 Å². The van der Waals surface area contributed by atoms with Gasteiger partial charge in [0.25, 0.3) is 0 Å². The molecule has 0 bridgehead atoms. The van der Waals surface area contributed by atoms with Crippen molar-refractivity contribution in [1.29, 1.82) is 0 Å². The summed E-state index contributed by atoms with van der Waals surface area (Å²) in [5.41, 5.74) is 1.41. The summed E-state index contributed by atoms with van der Waals surface area (Å²) >= 11 is 5.93. The van der Waals surface area contributed by atoms with E-state index in [0.29, 0.717) is 12.1 Å². The number of hydrogen-bond acceptors (Lipinski definition) is 2. The van der Waals surface area contributed by atoms with Gasteiger partial charge in [-0.25, -0.2) is 0 Å². The molecule has 26 heavy (non-hydrogen) atoms. The second-order valence-electron chi connectivity index (χ2n) is 8.10.